The molecular weight excluding hydrogens is 442 g/mol. The zero-order valence-electron chi connectivity index (χ0n) is 19.1. The molecule has 2 aromatic carbocycles. The van der Waals surface area contributed by atoms with Crippen LogP contribution in [-0.4, -0.2) is 44.7 Å². The summed E-state index contributed by atoms with van der Waals surface area (Å²) in [6.45, 7) is 4.00. The van der Waals surface area contributed by atoms with Crippen molar-refractivity contribution in [2.45, 2.75) is 31.7 Å². The van der Waals surface area contributed by atoms with Crippen LogP contribution in [0.25, 0.3) is 0 Å². The molecule has 0 saturated carbocycles. The summed E-state index contributed by atoms with van der Waals surface area (Å²) in [5.41, 5.74) is 3.26. The van der Waals surface area contributed by atoms with Gasteiger partial charge in [0.05, 0.1) is 17.6 Å². The van der Waals surface area contributed by atoms with Gasteiger partial charge in [-0.25, -0.2) is 13.2 Å². The second-order valence-electron chi connectivity index (χ2n) is 7.80. The van der Waals surface area contributed by atoms with Crippen molar-refractivity contribution in [2.75, 3.05) is 20.0 Å². The van der Waals surface area contributed by atoms with Crippen molar-refractivity contribution in [3.05, 3.63) is 82.7 Å². The third-order valence-corrected chi connectivity index (χ3v) is 6.65. The van der Waals surface area contributed by atoms with E-state index in [0.29, 0.717) is 12.1 Å². The molecule has 0 aliphatic carbocycles. The molecular formula is C25H27NO6S. The number of benzene rings is 2. The predicted molar refractivity (Wildman–Crippen MR) is 125 cm³/mol. The van der Waals surface area contributed by atoms with Crippen molar-refractivity contribution < 1.29 is 27.5 Å². The molecule has 0 aliphatic rings. The fourth-order valence-electron chi connectivity index (χ4n) is 3.71. The maximum Gasteiger partial charge on any atom is 0.339 e. The molecule has 0 aliphatic heterocycles. The highest BCUT2D eigenvalue weighted by Gasteiger charge is 2.22. The molecule has 1 heterocycles. The number of rotatable bonds is 9. The minimum Gasteiger partial charge on any atom is -0.497 e. The highest BCUT2D eigenvalue weighted by atomic mass is 32.2. The molecule has 3 aromatic rings. The highest BCUT2D eigenvalue weighted by Crippen LogP contribution is 2.20. The fourth-order valence-corrected chi connectivity index (χ4v) is 4.58. The second kappa shape index (κ2) is 10.0. The van der Waals surface area contributed by atoms with Gasteiger partial charge in [0, 0.05) is 29.8 Å². The number of carbonyl (C=O) groups is 2. The Kier molecular flexibility index (Phi) is 7.38. The van der Waals surface area contributed by atoms with E-state index in [1.165, 1.54) is 18.2 Å². The summed E-state index contributed by atoms with van der Waals surface area (Å²) in [6, 6.07) is 15.4. The van der Waals surface area contributed by atoms with Gasteiger partial charge in [-0.1, -0.05) is 24.3 Å². The van der Waals surface area contributed by atoms with Gasteiger partial charge in [-0.15, -0.1) is 0 Å². The third kappa shape index (κ3) is 5.70. The van der Waals surface area contributed by atoms with Crippen LogP contribution in [0, 0.1) is 13.8 Å². The largest absolute Gasteiger partial charge is 0.497 e. The zero-order valence-corrected chi connectivity index (χ0v) is 19.9. The van der Waals surface area contributed by atoms with Crippen LogP contribution in [0.1, 0.15) is 37.7 Å². The normalized spacial score (nSPS) is 11.3. The van der Waals surface area contributed by atoms with Crippen LogP contribution in [0.5, 0.6) is 5.75 Å². The van der Waals surface area contributed by atoms with Crippen LogP contribution < -0.4 is 4.74 Å². The van der Waals surface area contributed by atoms with E-state index < -0.39 is 22.4 Å². The topological polar surface area (TPSA) is 91.7 Å². The van der Waals surface area contributed by atoms with Crippen LogP contribution in [0.4, 0.5) is 0 Å². The van der Waals surface area contributed by atoms with Crippen molar-refractivity contribution in [1.82, 2.24) is 4.57 Å². The van der Waals surface area contributed by atoms with Crippen LogP contribution in [-0.2, 0) is 27.5 Å². The number of ketones is 1. The summed E-state index contributed by atoms with van der Waals surface area (Å²) in [5.74, 6) is -0.393. The van der Waals surface area contributed by atoms with Gasteiger partial charge in [-0.2, -0.15) is 0 Å². The molecule has 0 spiro atoms. The molecule has 0 atom stereocenters. The number of esters is 1. The number of aryl methyl sites for hydroxylation is 2. The average Bonchev–Trinajstić information content (AvgIpc) is 3.08. The van der Waals surface area contributed by atoms with Crippen molar-refractivity contribution >= 4 is 21.6 Å². The number of Topliss-reactive ketones (excluding diaryl/α,β-unsaturated/α-hetero) is 1. The molecule has 0 bridgehead atoms. The number of hydrogen-bond donors (Lipinski definition) is 0. The summed E-state index contributed by atoms with van der Waals surface area (Å²) in [5, 5.41) is 0. The van der Waals surface area contributed by atoms with E-state index in [1.807, 2.05) is 38.1 Å². The molecule has 0 radical (unpaired) electrons. The van der Waals surface area contributed by atoms with Gasteiger partial charge < -0.3 is 14.0 Å². The number of hydrogen-bond acceptors (Lipinski definition) is 6. The van der Waals surface area contributed by atoms with E-state index in [0.717, 1.165) is 35.4 Å². The van der Waals surface area contributed by atoms with E-state index in [-0.39, 0.29) is 16.2 Å². The number of nitrogens with zero attached hydrogens (tertiary/aromatic N) is 1. The fraction of sp³-hybridized carbons (Fsp3) is 0.280. The maximum atomic E-state index is 12.8. The number of ether oxygens (including phenoxy) is 2. The quantitative estimate of drug-likeness (QED) is 0.350. The molecule has 8 heteroatoms. The molecule has 3 rings (SSSR count). The summed E-state index contributed by atoms with van der Waals surface area (Å²) in [7, 11) is -1.98. The summed E-state index contributed by atoms with van der Waals surface area (Å²) in [4.78, 5) is 25.1. The predicted octanol–water partition coefficient (Wildman–Crippen LogP) is 3.80. The maximum absolute atomic E-state index is 12.8. The van der Waals surface area contributed by atoms with Gasteiger partial charge in [0.15, 0.2) is 16.4 Å². The van der Waals surface area contributed by atoms with Crippen LogP contribution in [0.15, 0.2) is 59.5 Å². The smallest absolute Gasteiger partial charge is 0.339 e. The Balaban J connectivity index is 1.68. The molecule has 0 saturated heterocycles. The Morgan fingerprint density at radius 2 is 1.64 bits per heavy atom. The molecule has 0 amide bonds. The molecule has 0 unspecified atom stereocenters. The van der Waals surface area contributed by atoms with E-state index in [4.69, 9.17) is 9.47 Å². The number of aromatic nitrogens is 1. The minimum absolute atomic E-state index is 0.0854. The van der Waals surface area contributed by atoms with Crippen molar-refractivity contribution in [3.63, 3.8) is 0 Å². The van der Waals surface area contributed by atoms with Gasteiger partial charge in [-0.3, -0.25) is 4.79 Å². The van der Waals surface area contributed by atoms with Gasteiger partial charge in [0.1, 0.15) is 5.75 Å². The van der Waals surface area contributed by atoms with Crippen molar-refractivity contribution in [1.29, 1.82) is 0 Å². The standard InChI is InChI=1S/C25H27NO6S/c1-17-15-22(18(2)26(17)14-13-19-9-11-20(31-3)12-10-19)23(27)16-32-25(28)21-7-5-6-8-24(21)33(4,29)30/h5-12,15H,13-14,16H2,1-4H3. The first-order chi connectivity index (χ1) is 15.6. The van der Waals surface area contributed by atoms with Gasteiger partial charge in [0.2, 0.25) is 5.78 Å². The monoisotopic (exact) mass is 469 g/mol. The van der Waals surface area contributed by atoms with Crippen molar-refractivity contribution in [3.8, 4) is 5.75 Å². The molecule has 174 valence electrons. The zero-order chi connectivity index (χ0) is 24.2. The Morgan fingerprint density at radius 1 is 0.970 bits per heavy atom. The Bertz CT molecular complexity index is 1270. The van der Waals surface area contributed by atoms with Gasteiger partial charge in [-0.05, 0) is 56.2 Å². The van der Waals surface area contributed by atoms with E-state index in [9.17, 15) is 18.0 Å². The summed E-state index contributed by atoms with van der Waals surface area (Å²) >= 11 is 0. The molecule has 0 fully saturated rings. The van der Waals surface area contributed by atoms with Crippen LogP contribution in [0.3, 0.4) is 0 Å². The highest BCUT2D eigenvalue weighted by molar-refractivity contribution is 7.90. The van der Waals surface area contributed by atoms with Gasteiger partial charge >= 0.3 is 5.97 Å². The first kappa shape index (κ1) is 24.3. The number of carbonyl (C=O) groups excluding carboxylic acids is 2. The average molecular weight is 470 g/mol. The number of methoxy groups -OCH3 is 1. The summed E-state index contributed by atoms with van der Waals surface area (Å²) < 4.78 is 36.2. The molecule has 33 heavy (non-hydrogen) atoms. The Labute approximate surface area is 193 Å². The SMILES string of the molecule is COc1ccc(CCn2c(C)cc(C(=O)COC(=O)c3ccccc3S(C)(=O)=O)c2C)cc1. The molecule has 7 nitrogen and oxygen atoms in total. The Morgan fingerprint density at radius 3 is 2.27 bits per heavy atom. The van der Waals surface area contributed by atoms with Crippen LogP contribution >= 0.6 is 0 Å². The lowest BCUT2D eigenvalue weighted by Gasteiger charge is -2.11. The summed E-state index contributed by atoms with van der Waals surface area (Å²) in [6.07, 6.45) is 1.80. The molecule has 1 aromatic heterocycles. The lowest BCUT2D eigenvalue weighted by atomic mass is 10.1. The first-order valence-electron chi connectivity index (χ1n) is 10.4. The van der Waals surface area contributed by atoms with E-state index in [1.54, 1.807) is 19.2 Å². The lowest BCUT2D eigenvalue weighted by molar-refractivity contribution is 0.0470. The van der Waals surface area contributed by atoms with Gasteiger partial charge in [0.25, 0.3) is 0 Å². The van der Waals surface area contributed by atoms with E-state index >= 15 is 0 Å². The molecule has 0 N–H and O–H groups in total. The Hall–Kier alpha value is -3.39. The second-order valence-corrected chi connectivity index (χ2v) is 9.79. The first-order valence-corrected chi connectivity index (χ1v) is 12.3. The van der Waals surface area contributed by atoms with Crippen molar-refractivity contribution in [2.24, 2.45) is 0 Å². The van der Waals surface area contributed by atoms with E-state index in [2.05, 4.69) is 4.57 Å². The van der Waals surface area contributed by atoms with Crippen LogP contribution in [0.2, 0.25) is 0 Å². The third-order valence-electron chi connectivity index (χ3n) is 5.50. The minimum atomic E-state index is -3.61. The lowest BCUT2D eigenvalue weighted by Crippen LogP contribution is -2.17. The number of sulfone groups is 1.